The van der Waals surface area contributed by atoms with Crippen LogP contribution >= 0.6 is 33.9 Å². The zero-order chi connectivity index (χ0) is 15.9. The predicted molar refractivity (Wildman–Crippen MR) is 83.7 cm³/mol. The highest BCUT2D eigenvalue weighted by atomic mass is 35.7. The van der Waals surface area contributed by atoms with Crippen LogP contribution in [0.5, 0.6) is 0 Å². The Kier molecular flexibility index (Phi) is 4.78. The van der Waals surface area contributed by atoms with Gasteiger partial charge in [-0.1, -0.05) is 30.1 Å². The summed E-state index contributed by atoms with van der Waals surface area (Å²) in [5.41, 5.74) is -0.0316. The summed E-state index contributed by atoms with van der Waals surface area (Å²) in [6.45, 7) is 2.70. The molecule has 0 heterocycles. The summed E-state index contributed by atoms with van der Waals surface area (Å²) < 4.78 is 22.9. The van der Waals surface area contributed by atoms with E-state index in [0.29, 0.717) is 18.4 Å². The van der Waals surface area contributed by atoms with Gasteiger partial charge in [-0.25, -0.2) is 8.42 Å². The Hall–Kier alpha value is -0.490. The number of amides is 1. The van der Waals surface area contributed by atoms with Crippen molar-refractivity contribution in [3.05, 3.63) is 27.7 Å². The molecular weight excluding hydrogens is 357 g/mol. The molecule has 0 aliphatic heterocycles. The lowest BCUT2D eigenvalue weighted by molar-refractivity contribution is 0.0787. The van der Waals surface area contributed by atoms with Crippen molar-refractivity contribution >= 4 is 48.8 Å². The van der Waals surface area contributed by atoms with Crippen LogP contribution in [0, 0.1) is 11.8 Å². The minimum Gasteiger partial charge on any atom is -0.341 e. The molecule has 0 aromatic heterocycles. The molecule has 1 aromatic carbocycles. The van der Waals surface area contributed by atoms with Crippen LogP contribution in [0.25, 0.3) is 0 Å². The summed E-state index contributed by atoms with van der Waals surface area (Å²) in [5.74, 6) is 0.656. The Morgan fingerprint density at radius 2 is 1.95 bits per heavy atom. The Labute approximate surface area is 138 Å². The molecule has 1 saturated carbocycles. The molecule has 1 aliphatic rings. The number of hydrogen-bond acceptors (Lipinski definition) is 3. The highest BCUT2D eigenvalue weighted by Gasteiger charge is 2.35. The van der Waals surface area contributed by atoms with E-state index in [1.54, 1.807) is 7.05 Å². The fourth-order valence-electron chi connectivity index (χ4n) is 2.20. The Morgan fingerprint density at radius 3 is 2.43 bits per heavy atom. The lowest BCUT2D eigenvalue weighted by Crippen LogP contribution is -2.29. The fraction of sp³-hybridized carbons (Fsp3) is 0.462. The Bertz CT molecular complexity index is 690. The maximum absolute atomic E-state index is 12.5. The molecule has 2 atom stereocenters. The zero-order valence-corrected chi connectivity index (χ0v) is 14.5. The Balaban J connectivity index is 2.36. The maximum atomic E-state index is 12.5. The minimum atomic E-state index is -4.04. The summed E-state index contributed by atoms with van der Waals surface area (Å²) in [7, 11) is 2.91. The molecule has 116 valence electrons. The van der Waals surface area contributed by atoms with E-state index in [4.69, 9.17) is 33.9 Å². The highest BCUT2D eigenvalue weighted by Crippen LogP contribution is 2.39. The van der Waals surface area contributed by atoms with Crippen LogP contribution in [0.3, 0.4) is 0 Å². The van der Waals surface area contributed by atoms with E-state index in [1.165, 1.54) is 17.0 Å². The standard InChI is InChI=1S/C13H14Cl3NO3S/c1-7-5-8(7)6-17(2)13(18)11-9(14)3-4-10(12(11)15)21(16,19)20/h3-4,7-8H,5-6H2,1-2H3. The van der Waals surface area contributed by atoms with E-state index in [2.05, 4.69) is 6.92 Å². The van der Waals surface area contributed by atoms with Crippen molar-refractivity contribution < 1.29 is 13.2 Å². The van der Waals surface area contributed by atoms with Gasteiger partial charge in [0.1, 0.15) is 4.90 Å². The molecule has 1 amide bonds. The van der Waals surface area contributed by atoms with E-state index in [9.17, 15) is 13.2 Å². The molecular formula is C13H14Cl3NO3S. The van der Waals surface area contributed by atoms with Gasteiger partial charge >= 0.3 is 0 Å². The number of rotatable bonds is 4. The van der Waals surface area contributed by atoms with Gasteiger partial charge in [0.05, 0.1) is 15.6 Å². The molecule has 2 unspecified atom stereocenters. The van der Waals surface area contributed by atoms with E-state index >= 15 is 0 Å². The second kappa shape index (κ2) is 5.95. The van der Waals surface area contributed by atoms with Crippen LogP contribution in [0.4, 0.5) is 0 Å². The van der Waals surface area contributed by atoms with Crippen LogP contribution in [-0.2, 0) is 9.05 Å². The van der Waals surface area contributed by atoms with Crippen molar-refractivity contribution in [2.45, 2.75) is 18.2 Å². The second-order valence-electron chi connectivity index (χ2n) is 5.33. The van der Waals surface area contributed by atoms with E-state index in [-0.39, 0.29) is 20.5 Å². The third kappa shape index (κ3) is 3.65. The van der Waals surface area contributed by atoms with Gasteiger partial charge in [0, 0.05) is 24.3 Å². The fourth-order valence-corrected chi connectivity index (χ4v) is 4.08. The van der Waals surface area contributed by atoms with E-state index in [0.717, 1.165) is 6.42 Å². The lowest BCUT2D eigenvalue weighted by atomic mass is 10.2. The van der Waals surface area contributed by atoms with Crippen molar-refractivity contribution in [3.63, 3.8) is 0 Å². The molecule has 0 spiro atoms. The average Bonchev–Trinajstić information content (AvgIpc) is 3.02. The van der Waals surface area contributed by atoms with Gasteiger partial charge in [0.2, 0.25) is 0 Å². The van der Waals surface area contributed by atoms with Gasteiger partial charge in [0.25, 0.3) is 15.0 Å². The molecule has 21 heavy (non-hydrogen) atoms. The molecule has 0 N–H and O–H groups in total. The summed E-state index contributed by atoms with van der Waals surface area (Å²) in [4.78, 5) is 13.6. The van der Waals surface area contributed by atoms with Crippen LogP contribution in [-0.4, -0.2) is 32.8 Å². The quantitative estimate of drug-likeness (QED) is 0.760. The van der Waals surface area contributed by atoms with Crippen LogP contribution in [0.15, 0.2) is 17.0 Å². The van der Waals surface area contributed by atoms with Gasteiger partial charge in [0.15, 0.2) is 0 Å². The van der Waals surface area contributed by atoms with Crippen molar-refractivity contribution in [2.75, 3.05) is 13.6 Å². The first-order chi connectivity index (χ1) is 9.62. The van der Waals surface area contributed by atoms with E-state index in [1.807, 2.05) is 0 Å². The molecule has 0 saturated heterocycles. The molecule has 4 nitrogen and oxygen atoms in total. The minimum absolute atomic E-state index is 0.0316. The molecule has 1 aromatic rings. The van der Waals surface area contributed by atoms with Gasteiger partial charge in [-0.2, -0.15) is 0 Å². The molecule has 0 radical (unpaired) electrons. The lowest BCUT2D eigenvalue weighted by Gasteiger charge is -2.19. The summed E-state index contributed by atoms with van der Waals surface area (Å²) in [5, 5.41) is -0.136. The zero-order valence-electron chi connectivity index (χ0n) is 11.4. The summed E-state index contributed by atoms with van der Waals surface area (Å²) >= 11 is 12.0. The van der Waals surface area contributed by atoms with Crippen LogP contribution < -0.4 is 0 Å². The number of halogens is 3. The van der Waals surface area contributed by atoms with Gasteiger partial charge in [-0.3, -0.25) is 4.79 Å². The average molecular weight is 371 g/mol. The maximum Gasteiger partial charge on any atom is 0.262 e. The second-order valence-corrected chi connectivity index (χ2v) is 8.65. The number of carbonyl (C=O) groups excluding carboxylic acids is 1. The highest BCUT2D eigenvalue weighted by molar-refractivity contribution is 8.13. The molecule has 8 heteroatoms. The predicted octanol–water partition coefficient (Wildman–Crippen LogP) is 3.65. The molecule has 0 bridgehead atoms. The molecule has 1 fully saturated rings. The topological polar surface area (TPSA) is 54.5 Å². The van der Waals surface area contributed by atoms with Gasteiger partial charge < -0.3 is 4.90 Å². The summed E-state index contributed by atoms with van der Waals surface area (Å²) in [6.07, 6.45) is 1.08. The van der Waals surface area contributed by atoms with Crippen molar-refractivity contribution in [1.29, 1.82) is 0 Å². The smallest absolute Gasteiger partial charge is 0.262 e. The van der Waals surface area contributed by atoms with Crippen LogP contribution in [0.1, 0.15) is 23.7 Å². The first-order valence-electron chi connectivity index (χ1n) is 6.31. The molecule has 2 rings (SSSR count). The largest absolute Gasteiger partial charge is 0.341 e. The number of benzene rings is 1. The van der Waals surface area contributed by atoms with Gasteiger partial charge in [-0.15, -0.1) is 0 Å². The molecule has 1 aliphatic carbocycles. The normalized spacial score (nSPS) is 21.2. The SMILES string of the molecule is CC1CC1CN(C)C(=O)c1c(Cl)ccc(S(=O)(=O)Cl)c1Cl. The van der Waals surface area contributed by atoms with Gasteiger partial charge in [-0.05, 0) is 30.4 Å². The van der Waals surface area contributed by atoms with Crippen molar-refractivity contribution in [2.24, 2.45) is 11.8 Å². The third-order valence-electron chi connectivity index (χ3n) is 3.66. The van der Waals surface area contributed by atoms with Crippen molar-refractivity contribution in [3.8, 4) is 0 Å². The van der Waals surface area contributed by atoms with Crippen LogP contribution in [0.2, 0.25) is 10.0 Å². The van der Waals surface area contributed by atoms with E-state index < -0.39 is 15.0 Å². The number of carbonyl (C=O) groups is 1. The first kappa shape index (κ1) is 16.9. The summed E-state index contributed by atoms with van der Waals surface area (Å²) in [6, 6.07) is 2.50. The monoisotopic (exact) mass is 369 g/mol. The third-order valence-corrected chi connectivity index (χ3v) is 5.85. The number of hydrogen-bond donors (Lipinski definition) is 0. The first-order valence-corrected chi connectivity index (χ1v) is 9.37. The Morgan fingerprint density at radius 1 is 1.38 bits per heavy atom. The van der Waals surface area contributed by atoms with Crippen molar-refractivity contribution in [1.82, 2.24) is 4.90 Å². The number of nitrogens with zero attached hydrogens (tertiary/aromatic N) is 1.